The first-order chi connectivity index (χ1) is 13.3. The van der Waals surface area contributed by atoms with Crippen molar-refractivity contribution in [1.82, 2.24) is 15.2 Å². The minimum atomic E-state index is -0.224. The summed E-state index contributed by atoms with van der Waals surface area (Å²) in [7, 11) is 0. The molecule has 1 atom stereocenters. The first kappa shape index (κ1) is 16.2. The average molecular weight is 374 g/mol. The molecule has 6 heteroatoms. The second-order valence-corrected chi connectivity index (χ2v) is 7.89. The van der Waals surface area contributed by atoms with Gasteiger partial charge in [-0.3, -0.25) is 15.2 Å². The zero-order valence-electron chi connectivity index (χ0n) is 14.6. The van der Waals surface area contributed by atoms with Crippen LogP contribution in [0.2, 0.25) is 0 Å². The van der Waals surface area contributed by atoms with Gasteiger partial charge in [0.15, 0.2) is 10.8 Å². The summed E-state index contributed by atoms with van der Waals surface area (Å²) in [5.74, 6) is 0.302. The minimum absolute atomic E-state index is 0.224. The van der Waals surface area contributed by atoms with Crippen LogP contribution in [0.1, 0.15) is 39.0 Å². The number of nitrogens with zero attached hydrogens (tertiary/aromatic N) is 2. The topological polar surface area (TPSA) is 70.7 Å². The van der Waals surface area contributed by atoms with E-state index in [2.05, 4.69) is 50.8 Å². The summed E-state index contributed by atoms with van der Waals surface area (Å²) in [6.07, 6.45) is 3.03. The Morgan fingerprint density at radius 2 is 1.93 bits per heavy atom. The molecule has 27 heavy (non-hydrogen) atoms. The van der Waals surface area contributed by atoms with Gasteiger partial charge >= 0.3 is 0 Å². The van der Waals surface area contributed by atoms with Gasteiger partial charge in [0.1, 0.15) is 0 Å². The normalized spacial score (nSPS) is 16.2. The number of carbonyl (C=O) groups is 1. The van der Waals surface area contributed by atoms with Gasteiger partial charge in [-0.1, -0.05) is 48.5 Å². The third kappa shape index (κ3) is 3.02. The van der Waals surface area contributed by atoms with Gasteiger partial charge in [0.2, 0.25) is 0 Å². The van der Waals surface area contributed by atoms with Crippen molar-refractivity contribution in [2.75, 3.05) is 5.32 Å². The molecule has 2 aromatic carbocycles. The number of aromatic amines is 1. The van der Waals surface area contributed by atoms with E-state index >= 15 is 0 Å². The molecular weight excluding hydrogens is 356 g/mol. The molecule has 4 aromatic rings. The number of anilines is 1. The van der Waals surface area contributed by atoms with Crippen molar-refractivity contribution in [2.24, 2.45) is 0 Å². The molecule has 2 N–H and O–H groups in total. The summed E-state index contributed by atoms with van der Waals surface area (Å²) in [5.41, 5.74) is 3.76. The van der Waals surface area contributed by atoms with Crippen LogP contribution in [0.3, 0.4) is 0 Å². The van der Waals surface area contributed by atoms with Crippen LogP contribution in [0.15, 0.2) is 54.6 Å². The summed E-state index contributed by atoms with van der Waals surface area (Å²) in [5, 5.41) is 11.5. The van der Waals surface area contributed by atoms with E-state index < -0.39 is 0 Å². The minimum Gasteiger partial charge on any atom is -0.296 e. The summed E-state index contributed by atoms with van der Waals surface area (Å²) in [4.78, 5) is 18.6. The molecule has 1 unspecified atom stereocenters. The quantitative estimate of drug-likeness (QED) is 0.553. The largest absolute Gasteiger partial charge is 0.296 e. The first-order valence-electron chi connectivity index (χ1n) is 9.06. The van der Waals surface area contributed by atoms with Gasteiger partial charge in [-0.2, -0.15) is 5.10 Å². The summed E-state index contributed by atoms with van der Waals surface area (Å²) >= 11 is 1.58. The van der Waals surface area contributed by atoms with E-state index in [0.717, 1.165) is 35.9 Å². The average Bonchev–Trinajstić information content (AvgIpc) is 3.31. The standard InChI is InChI=1S/C21H18N4OS/c26-20(19-15-8-4-5-9-16(15)24-25-19)23-21-22-17-11-10-14(12-18(17)27-21)13-6-2-1-3-7-13/h1-9,14H,10-12H2,(H,24,25)(H,22,23,26). The number of hydrogen-bond donors (Lipinski definition) is 2. The predicted octanol–water partition coefficient (Wildman–Crippen LogP) is 4.54. The number of rotatable bonds is 3. The SMILES string of the molecule is O=C(Nc1nc2c(s1)CC(c1ccccc1)CC2)c1n[nH]c2ccccc12. The number of aryl methyl sites for hydroxylation is 1. The molecule has 1 amide bonds. The zero-order valence-corrected chi connectivity index (χ0v) is 15.4. The van der Waals surface area contributed by atoms with E-state index in [1.807, 2.05) is 24.3 Å². The lowest BCUT2D eigenvalue weighted by Gasteiger charge is -2.21. The van der Waals surface area contributed by atoms with Crippen LogP contribution in [0, 0.1) is 0 Å². The molecule has 0 radical (unpaired) electrons. The molecule has 0 bridgehead atoms. The second kappa shape index (κ2) is 6.63. The Hall–Kier alpha value is -2.99. The Morgan fingerprint density at radius 3 is 2.81 bits per heavy atom. The van der Waals surface area contributed by atoms with Gasteiger partial charge in [-0.25, -0.2) is 4.98 Å². The molecule has 0 fully saturated rings. The fraction of sp³-hybridized carbons (Fsp3) is 0.190. The highest BCUT2D eigenvalue weighted by Crippen LogP contribution is 2.37. The van der Waals surface area contributed by atoms with Gasteiger partial charge in [-0.05, 0) is 36.8 Å². The van der Waals surface area contributed by atoms with Crippen LogP contribution in [0.5, 0.6) is 0 Å². The number of para-hydroxylation sites is 1. The summed E-state index contributed by atoms with van der Waals surface area (Å²) in [6.45, 7) is 0. The zero-order chi connectivity index (χ0) is 18.2. The molecule has 1 aliphatic carbocycles. The number of H-pyrrole nitrogens is 1. The van der Waals surface area contributed by atoms with Crippen LogP contribution in [0.25, 0.3) is 10.9 Å². The maximum Gasteiger partial charge on any atom is 0.278 e. The highest BCUT2D eigenvalue weighted by atomic mass is 32.1. The van der Waals surface area contributed by atoms with E-state index in [0.29, 0.717) is 16.7 Å². The van der Waals surface area contributed by atoms with Crippen molar-refractivity contribution >= 4 is 33.3 Å². The van der Waals surface area contributed by atoms with Gasteiger partial charge in [-0.15, -0.1) is 11.3 Å². The number of amides is 1. The molecule has 2 aromatic heterocycles. The Labute approximate surface area is 160 Å². The Morgan fingerprint density at radius 1 is 1.11 bits per heavy atom. The van der Waals surface area contributed by atoms with Crippen LogP contribution in [-0.4, -0.2) is 21.1 Å². The monoisotopic (exact) mass is 374 g/mol. The fourth-order valence-electron chi connectivity index (χ4n) is 3.73. The lowest BCUT2D eigenvalue weighted by molar-refractivity contribution is 0.102. The predicted molar refractivity (Wildman–Crippen MR) is 107 cm³/mol. The molecule has 134 valence electrons. The van der Waals surface area contributed by atoms with Crippen LogP contribution < -0.4 is 5.32 Å². The number of aromatic nitrogens is 3. The first-order valence-corrected chi connectivity index (χ1v) is 9.87. The van der Waals surface area contributed by atoms with E-state index in [1.54, 1.807) is 11.3 Å². The van der Waals surface area contributed by atoms with Crippen LogP contribution in [0.4, 0.5) is 5.13 Å². The highest BCUT2D eigenvalue weighted by molar-refractivity contribution is 7.15. The Balaban J connectivity index is 1.36. The van der Waals surface area contributed by atoms with Gasteiger partial charge in [0.05, 0.1) is 11.2 Å². The fourth-order valence-corrected chi connectivity index (χ4v) is 4.81. The molecule has 0 aliphatic heterocycles. The van der Waals surface area contributed by atoms with E-state index in [4.69, 9.17) is 0 Å². The van der Waals surface area contributed by atoms with Crippen LogP contribution in [-0.2, 0) is 12.8 Å². The van der Waals surface area contributed by atoms with Crippen molar-refractivity contribution in [3.05, 3.63) is 76.4 Å². The number of benzene rings is 2. The molecule has 1 aliphatic rings. The lowest BCUT2D eigenvalue weighted by Crippen LogP contribution is -2.13. The Kier molecular flexibility index (Phi) is 3.98. The van der Waals surface area contributed by atoms with Crippen molar-refractivity contribution in [1.29, 1.82) is 0 Å². The van der Waals surface area contributed by atoms with Crippen molar-refractivity contribution in [2.45, 2.75) is 25.2 Å². The molecule has 0 saturated carbocycles. The van der Waals surface area contributed by atoms with Gasteiger partial charge in [0, 0.05) is 10.3 Å². The van der Waals surface area contributed by atoms with Crippen molar-refractivity contribution < 1.29 is 4.79 Å². The molecule has 0 spiro atoms. The molecule has 0 saturated heterocycles. The number of carbonyl (C=O) groups excluding carboxylic acids is 1. The van der Waals surface area contributed by atoms with E-state index in [-0.39, 0.29) is 5.91 Å². The van der Waals surface area contributed by atoms with Crippen molar-refractivity contribution in [3.8, 4) is 0 Å². The highest BCUT2D eigenvalue weighted by Gasteiger charge is 2.24. The molecule has 5 rings (SSSR count). The summed E-state index contributed by atoms with van der Waals surface area (Å²) in [6, 6.07) is 18.3. The smallest absolute Gasteiger partial charge is 0.278 e. The number of nitrogens with one attached hydrogen (secondary N) is 2. The molecular formula is C21H18N4OS. The van der Waals surface area contributed by atoms with E-state index in [9.17, 15) is 4.79 Å². The number of hydrogen-bond acceptors (Lipinski definition) is 4. The second-order valence-electron chi connectivity index (χ2n) is 6.81. The summed E-state index contributed by atoms with van der Waals surface area (Å²) < 4.78 is 0. The van der Waals surface area contributed by atoms with E-state index in [1.165, 1.54) is 10.4 Å². The molecule has 2 heterocycles. The van der Waals surface area contributed by atoms with Crippen LogP contribution >= 0.6 is 11.3 Å². The van der Waals surface area contributed by atoms with Crippen molar-refractivity contribution in [3.63, 3.8) is 0 Å². The Bertz CT molecular complexity index is 1120. The molecule has 5 nitrogen and oxygen atoms in total. The third-order valence-corrected chi connectivity index (χ3v) is 6.15. The number of thiazole rings is 1. The van der Waals surface area contributed by atoms with Gasteiger partial charge in [0.25, 0.3) is 5.91 Å². The maximum absolute atomic E-state index is 12.7. The third-order valence-electron chi connectivity index (χ3n) is 5.12. The number of fused-ring (bicyclic) bond motifs is 2. The lowest BCUT2D eigenvalue weighted by atomic mass is 9.85. The maximum atomic E-state index is 12.7. The van der Waals surface area contributed by atoms with Gasteiger partial charge < -0.3 is 0 Å².